The largest absolute Gasteiger partial charge is 0.462 e. The molecule has 1 N–H and O–H groups in total. The van der Waals surface area contributed by atoms with Gasteiger partial charge in [0.2, 0.25) is 0 Å². The number of carbonyl (C=O) groups is 2. The zero-order valence-electron chi connectivity index (χ0n) is 12.8. The SMILES string of the molecule is CCOC(=O)c1ccc2nc(NC(=O)c3ccc([N+](=O)[O-])o3)sc2c1. The second kappa shape index (κ2) is 6.69. The third-order valence-corrected chi connectivity index (χ3v) is 4.05. The van der Waals surface area contributed by atoms with Gasteiger partial charge in [-0.1, -0.05) is 11.3 Å². The maximum absolute atomic E-state index is 12.1. The van der Waals surface area contributed by atoms with Gasteiger partial charge in [-0.3, -0.25) is 20.2 Å². The third-order valence-electron chi connectivity index (χ3n) is 3.12. The van der Waals surface area contributed by atoms with Gasteiger partial charge in [0.25, 0.3) is 5.91 Å². The Hall–Kier alpha value is -3.27. The molecule has 0 saturated heterocycles. The number of ether oxygens (including phenoxy) is 1. The third kappa shape index (κ3) is 3.48. The summed E-state index contributed by atoms with van der Waals surface area (Å²) in [5.41, 5.74) is 0.983. The average Bonchev–Trinajstić information content (AvgIpc) is 3.20. The lowest BCUT2D eigenvalue weighted by Gasteiger charge is -2.00. The minimum absolute atomic E-state index is 0.196. The predicted octanol–water partition coefficient (Wildman–Crippen LogP) is 3.23. The first-order chi connectivity index (χ1) is 12.0. The molecule has 0 aliphatic rings. The van der Waals surface area contributed by atoms with Crippen LogP contribution in [0.2, 0.25) is 0 Å². The highest BCUT2D eigenvalue weighted by atomic mass is 32.1. The highest BCUT2D eigenvalue weighted by molar-refractivity contribution is 7.22. The predicted molar refractivity (Wildman–Crippen MR) is 88.9 cm³/mol. The molecule has 0 atom stereocenters. The van der Waals surface area contributed by atoms with Crippen molar-refractivity contribution in [3.8, 4) is 0 Å². The maximum atomic E-state index is 12.1. The van der Waals surface area contributed by atoms with Crippen LogP contribution in [0.25, 0.3) is 10.2 Å². The van der Waals surface area contributed by atoms with E-state index in [2.05, 4.69) is 10.3 Å². The number of nitrogens with one attached hydrogen (secondary N) is 1. The van der Waals surface area contributed by atoms with Gasteiger partial charge in [-0.05, 0) is 31.2 Å². The quantitative estimate of drug-likeness (QED) is 0.420. The monoisotopic (exact) mass is 361 g/mol. The molecule has 1 amide bonds. The van der Waals surface area contributed by atoms with Gasteiger partial charge in [-0.2, -0.15) is 0 Å². The fraction of sp³-hybridized carbons (Fsp3) is 0.133. The molecule has 25 heavy (non-hydrogen) atoms. The maximum Gasteiger partial charge on any atom is 0.433 e. The molecule has 10 heteroatoms. The Morgan fingerprint density at radius 1 is 1.36 bits per heavy atom. The van der Waals surface area contributed by atoms with E-state index in [9.17, 15) is 19.7 Å². The van der Waals surface area contributed by atoms with Crippen molar-refractivity contribution in [2.45, 2.75) is 6.92 Å². The zero-order chi connectivity index (χ0) is 18.0. The van der Waals surface area contributed by atoms with Crippen LogP contribution in [0, 0.1) is 10.1 Å². The highest BCUT2D eigenvalue weighted by Crippen LogP contribution is 2.28. The van der Waals surface area contributed by atoms with E-state index in [-0.39, 0.29) is 17.5 Å². The summed E-state index contributed by atoms with van der Waals surface area (Å²) < 4.78 is 10.5. The number of amides is 1. The van der Waals surface area contributed by atoms with Crippen molar-refractivity contribution >= 4 is 44.4 Å². The van der Waals surface area contributed by atoms with E-state index in [0.29, 0.717) is 15.8 Å². The number of furan rings is 1. The summed E-state index contributed by atoms with van der Waals surface area (Å²) in [5, 5.41) is 13.4. The minimum Gasteiger partial charge on any atom is -0.462 e. The molecule has 0 aliphatic heterocycles. The molecule has 0 unspecified atom stereocenters. The Morgan fingerprint density at radius 2 is 2.16 bits per heavy atom. The standard InChI is InChI=1S/C15H11N3O6S/c1-2-23-14(20)8-3-4-9-11(7-8)25-15(16-9)17-13(19)10-5-6-12(24-10)18(21)22/h3-7H,2H2,1H3,(H,16,17,19). The fourth-order valence-electron chi connectivity index (χ4n) is 2.03. The zero-order valence-corrected chi connectivity index (χ0v) is 13.7. The number of anilines is 1. The first kappa shape index (κ1) is 16.6. The van der Waals surface area contributed by atoms with Gasteiger partial charge in [0.1, 0.15) is 4.92 Å². The van der Waals surface area contributed by atoms with E-state index >= 15 is 0 Å². The summed E-state index contributed by atoms with van der Waals surface area (Å²) in [6.45, 7) is 1.99. The van der Waals surface area contributed by atoms with Gasteiger partial charge in [0.05, 0.1) is 28.5 Å². The minimum atomic E-state index is -0.731. The molecule has 0 radical (unpaired) electrons. The molecule has 1 aromatic carbocycles. The van der Waals surface area contributed by atoms with Crippen molar-refractivity contribution in [2.75, 3.05) is 11.9 Å². The van der Waals surface area contributed by atoms with Gasteiger partial charge in [0.15, 0.2) is 10.9 Å². The average molecular weight is 361 g/mol. The number of benzene rings is 1. The second-order valence-corrected chi connectivity index (χ2v) is 5.80. The molecule has 9 nitrogen and oxygen atoms in total. The number of carbonyl (C=O) groups excluding carboxylic acids is 2. The van der Waals surface area contributed by atoms with E-state index in [0.717, 1.165) is 17.4 Å². The van der Waals surface area contributed by atoms with Crippen LogP contribution < -0.4 is 5.32 Å². The number of rotatable bonds is 5. The molecule has 3 aromatic rings. The summed E-state index contributed by atoms with van der Waals surface area (Å²) in [6.07, 6.45) is 0. The van der Waals surface area contributed by atoms with Crippen LogP contribution in [0.15, 0.2) is 34.7 Å². The van der Waals surface area contributed by atoms with E-state index < -0.39 is 22.7 Å². The fourth-order valence-corrected chi connectivity index (χ4v) is 2.93. The van der Waals surface area contributed by atoms with Crippen LogP contribution in [0.3, 0.4) is 0 Å². The molecule has 0 aliphatic carbocycles. The molecular weight excluding hydrogens is 350 g/mol. The summed E-state index contributed by atoms with van der Waals surface area (Å²) in [4.78, 5) is 37.9. The molecular formula is C15H11N3O6S. The van der Waals surface area contributed by atoms with Gasteiger partial charge in [-0.15, -0.1) is 0 Å². The van der Waals surface area contributed by atoms with Crippen LogP contribution in [-0.4, -0.2) is 28.4 Å². The van der Waals surface area contributed by atoms with E-state index in [1.807, 2.05) is 0 Å². The first-order valence-corrected chi connectivity index (χ1v) is 7.93. The lowest BCUT2D eigenvalue weighted by Crippen LogP contribution is -2.10. The lowest BCUT2D eigenvalue weighted by atomic mass is 10.2. The van der Waals surface area contributed by atoms with E-state index in [1.165, 1.54) is 6.07 Å². The Labute approximate surface area is 144 Å². The Morgan fingerprint density at radius 3 is 2.84 bits per heavy atom. The number of nitrogens with zero attached hydrogens (tertiary/aromatic N) is 2. The number of hydrogen-bond acceptors (Lipinski definition) is 8. The van der Waals surface area contributed by atoms with E-state index in [4.69, 9.17) is 9.15 Å². The van der Waals surface area contributed by atoms with E-state index in [1.54, 1.807) is 25.1 Å². The van der Waals surface area contributed by atoms with Crippen LogP contribution in [0.4, 0.5) is 11.0 Å². The molecule has 0 fully saturated rings. The molecule has 2 heterocycles. The van der Waals surface area contributed by atoms with Crippen LogP contribution in [-0.2, 0) is 4.74 Å². The van der Waals surface area contributed by atoms with Crippen molar-refractivity contribution in [3.05, 3.63) is 51.8 Å². The summed E-state index contributed by atoms with van der Waals surface area (Å²) >= 11 is 1.16. The topological polar surface area (TPSA) is 125 Å². The highest BCUT2D eigenvalue weighted by Gasteiger charge is 2.19. The molecule has 128 valence electrons. The van der Waals surface area contributed by atoms with Gasteiger partial charge >= 0.3 is 11.9 Å². The first-order valence-electron chi connectivity index (χ1n) is 7.11. The summed E-state index contributed by atoms with van der Waals surface area (Å²) in [5.74, 6) is -1.81. The van der Waals surface area contributed by atoms with Crippen molar-refractivity contribution in [1.29, 1.82) is 0 Å². The van der Waals surface area contributed by atoms with Crippen molar-refractivity contribution in [2.24, 2.45) is 0 Å². The Balaban J connectivity index is 1.80. The molecule has 3 rings (SSSR count). The van der Waals surface area contributed by atoms with Crippen molar-refractivity contribution in [1.82, 2.24) is 4.98 Å². The van der Waals surface area contributed by atoms with Gasteiger partial charge in [-0.25, -0.2) is 9.78 Å². The Bertz CT molecular complexity index is 977. The van der Waals surface area contributed by atoms with Gasteiger partial charge in [0, 0.05) is 0 Å². The number of hydrogen-bond donors (Lipinski definition) is 1. The second-order valence-electron chi connectivity index (χ2n) is 4.77. The summed E-state index contributed by atoms with van der Waals surface area (Å²) in [7, 11) is 0. The van der Waals surface area contributed by atoms with Crippen LogP contribution in [0.5, 0.6) is 0 Å². The van der Waals surface area contributed by atoms with Crippen molar-refractivity contribution in [3.63, 3.8) is 0 Å². The molecule has 0 bridgehead atoms. The number of fused-ring (bicyclic) bond motifs is 1. The number of esters is 1. The van der Waals surface area contributed by atoms with Crippen LogP contribution >= 0.6 is 11.3 Å². The molecule has 0 saturated carbocycles. The normalized spacial score (nSPS) is 10.6. The number of thiazole rings is 1. The molecule has 0 spiro atoms. The lowest BCUT2D eigenvalue weighted by molar-refractivity contribution is -0.402. The smallest absolute Gasteiger partial charge is 0.433 e. The number of aromatic nitrogens is 1. The number of nitro groups is 1. The Kier molecular flexibility index (Phi) is 4.44. The van der Waals surface area contributed by atoms with Crippen molar-refractivity contribution < 1.29 is 23.7 Å². The van der Waals surface area contributed by atoms with Crippen LogP contribution in [0.1, 0.15) is 27.8 Å². The van der Waals surface area contributed by atoms with Gasteiger partial charge < -0.3 is 9.15 Å². The molecule has 2 aromatic heterocycles. The summed E-state index contributed by atoms with van der Waals surface area (Å²) in [6, 6.07) is 7.16.